The highest BCUT2D eigenvalue weighted by molar-refractivity contribution is 6.07. The van der Waals surface area contributed by atoms with Crippen LogP contribution in [0.15, 0.2) is 11.6 Å². The van der Waals surface area contributed by atoms with Crippen molar-refractivity contribution in [2.24, 2.45) is 5.92 Å². The monoisotopic (exact) mass is 204 g/mol. The number of rotatable bonds is 0. The fraction of sp³-hybridized carbons (Fsp3) is 0.286. The van der Waals surface area contributed by atoms with E-state index in [-0.39, 0.29) is 6.08 Å². The third kappa shape index (κ3) is 1.74. The summed E-state index contributed by atoms with van der Waals surface area (Å²) in [5.41, 5.74) is -1.42. The Morgan fingerprint density at radius 1 is 1.43 bits per heavy atom. The SMILES string of the molecule is N#C[C@@H]1C(=O)NC(=O)C=C1C(F)(F)F. The number of amides is 2. The van der Waals surface area contributed by atoms with Crippen molar-refractivity contribution in [1.82, 2.24) is 5.32 Å². The molecular formula is C7H3F3N2O2. The third-order valence-corrected chi connectivity index (χ3v) is 1.56. The Hall–Kier alpha value is -1.84. The molecule has 1 rings (SSSR count). The number of nitriles is 1. The molecule has 2 amide bonds. The van der Waals surface area contributed by atoms with Crippen molar-refractivity contribution in [3.05, 3.63) is 11.6 Å². The highest BCUT2D eigenvalue weighted by atomic mass is 19.4. The smallest absolute Gasteiger partial charge is 0.291 e. The molecule has 1 N–H and O–H groups in total. The summed E-state index contributed by atoms with van der Waals surface area (Å²) in [4.78, 5) is 21.4. The van der Waals surface area contributed by atoms with E-state index < -0.39 is 29.5 Å². The molecule has 0 fully saturated rings. The Kier molecular flexibility index (Phi) is 2.30. The average Bonchev–Trinajstić information content (AvgIpc) is 2.01. The molecule has 1 atom stereocenters. The maximum Gasteiger partial charge on any atom is 0.414 e. The lowest BCUT2D eigenvalue weighted by atomic mass is 9.96. The molecule has 14 heavy (non-hydrogen) atoms. The summed E-state index contributed by atoms with van der Waals surface area (Å²) in [6, 6.07) is 1.18. The van der Waals surface area contributed by atoms with Crippen molar-refractivity contribution in [3.63, 3.8) is 0 Å². The topological polar surface area (TPSA) is 70.0 Å². The molecule has 0 aliphatic carbocycles. The standard InChI is InChI=1S/C7H3F3N2O2/c8-7(9,10)4-1-5(13)12-6(14)3(4)2-11/h1,3H,(H,12,13,14)/t3-/m0/s1. The molecular weight excluding hydrogens is 201 g/mol. The van der Waals surface area contributed by atoms with E-state index in [0.29, 0.717) is 0 Å². The van der Waals surface area contributed by atoms with Crippen molar-refractivity contribution in [2.45, 2.75) is 6.18 Å². The fourth-order valence-electron chi connectivity index (χ4n) is 0.969. The minimum atomic E-state index is -4.84. The summed E-state index contributed by atoms with van der Waals surface area (Å²) >= 11 is 0. The van der Waals surface area contributed by atoms with Gasteiger partial charge in [-0.3, -0.25) is 14.9 Å². The van der Waals surface area contributed by atoms with Gasteiger partial charge in [-0.1, -0.05) is 0 Å². The molecule has 0 bridgehead atoms. The zero-order valence-electron chi connectivity index (χ0n) is 6.55. The number of hydrogen-bond donors (Lipinski definition) is 1. The molecule has 0 saturated heterocycles. The van der Waals surface area contributed by atoms with Crippen LogP contribution in [0.2, 0.25) is 0 Å². The van der Waals surface area contributed by atoms with Crippen molar-refractivity contribution >= 4 is 11.8 Å². The van der Waals surface area contributed by atoms with Crippen LogP contribution in [-0.4, -0.2) is 18.0 Å². The first kappa shape index (κ1) is 10.2. The highest BCUT2D eigenvalue weighted by Gasteiger charge is 2.45. The number of imide groups is 1. The van der Waals surface area contributed by atoms with E-state index in [9.17, 15) is 22.8 Å². The van der Waals surface area contributed by atoms with Gasteiger partial charge in [-0.25, -0.2) is 0 Å². The second-order valence-electron chi connectivity index (χ2n) is 2.51. The molecule has 0 aromatic heterocycles. The van der Waals surface area contributed by atoms with Gasteiger partial charge in [0.05, 0.1) is 11.6 Å². The van der Waals surface area contributed by atoms with Gasteiger partial charge in [0.2, 0.25) is 5.91 Å². The number of alkyl halides is 3. The van der Waals surface area contributed by atoms with Crippen molar-refractivity contribution in [2.75, 3.05) is 0 Å². The maximum atomic E-state index is 12.2. The van der Waals surface area contributed by atoms with E-state index in [0.717, 1.165) is 0 Å². The molecule has 7 heteroatoms. The van der Waals surface area contributed by atoms with E-state index in [2.05, 4.69) is 0 Å². The van der Waals surface area contributed by atoms with Crippen molar-refractivity contribution < 1.29 is 22.8 Å². The van der Waals surface area contributed by atoms with Gasteiger partial charge in [0.25, 0.3) is 5.91 Å². The molecule has 1 aliphatic heterocycles. The minimum absolute atomic E-state index is 0.218. The van der Waals surface area contributed by atoms with Crippen LogP contribution >= 0.6 is 0 Å². The summed E-state index contributed by atoms with van der Waals surface area (Å²) in [5, 5.41) is 9.92. The summed E-state index contributed by atoms with van der Waals surface area (Å²) in [7, 11) is 0. The Bertz CT molecular complexity index is 364. The lowest BCUT2D eigenvalue weighted by Crippen LogP contribution is -2.42. The van der Waals surface area contributed by atoms with Gasteiger partial charge in [0, 0.05) is 6.08 Å². The third-order valence-electron chi connectivity index (χ3n) is 1.56. The quantitative estimate of drug-likeness (QED) is 0.576. The predicted molar refractivity (Wildman–Crippen MR) is 36.4 cm³/mol. The van der Waals surface area contributed by atoms with Gasteiger partial charge in [-0.05, 0) is 0 Å². The van der Waals surface area contributed by atoms with E-state index in [1.807, 2.05) is 0 Å². The fourth-order valence-corrected chi connectivity index (χ4v) is 0.969. The summed E-state index contributed by atoms with van der Waals surface area (Å²) in [6.45, 7) is 0. The van der Waals surface area contributed by atoms with Gasteiger partial charge >= 0.3 is 6.18 Å². The van der Waals surface area contributed by atoms with Crippen LogP contribution in [0.25, 0.3) is 0 Å². The lowest BCUT2D eigenvalue weighted by molar-refractivity contribution is -0.136. The lowest BCUT2D eigenvalue weighted by Gasteiger charge is -2.19. The number of carbonyl (C=O) groups is 2. The molecule has 0 aromatic carbocycles. The molecule has 0 aromatic rings. The molecule has 0 spiro atoms. The molecule has 1 aliphatic rings. The second-order valence-corrected chi connectivity index (χ2v) is 2.51. The normalized spacial score (nSPS) is 22.4. The summed E-state index contributed by atoms with van der Waals surface area (Å²) in [6.07, 6.45) is -4.62. The minimum Gasteiger partial charge on any atom is -0.291 e. The highest BCUT2D eigenvalue weighted by Crippen LogP contribution is 2.32. The van der Waals surface area contributed by atoms with Crippen LogP contribution in [0.3, 0.4) is 0 Å². The Balaban J connectivity index is 3.18. The van der Waals surface area contributed by atoms with Crippen molar-refractivity contribution in [3.8, 4) is 6.07 Å². The van der Waals surface area contributed by atoms with Crippen LogP contribution < -0.4 is 5.32 Å². The van der Waals surface area contributed by atoms with E-state index in [4.69, 9.17) is 5.26 Å². The number of halogens is 3. The molecule has 74 valence electrons. The first-order valence-electron chi connectivity index (χ1n) is 3.39. The largest absolute Gasteiger partial charge is 0.414 e. The van der Waals surface area contributed by atoms with Crippen molar-refractivity contribution in [1.29, 1.82) is 5.26 Å². The van der Waals surface area contributed by atoms with Gasteiger partial charge < -0.3 is 0 Å². The molecule has 0 radical (unpaired) electrons. The zero-order valence-corrected chi connectivity index (χ0v) is 6.55. The van der Waals surface area contributed by atoms with Crippen LogP contribution in [0.1, 0.15) is 0 Å². The zero-order chi connectivity index (χ0) is 10.9. The predicted octanol–water partition coefficient (Wildman–Crippen LogP) is 0.271. The van der Waals surface area contributed by atoms with Crippen LogP contribution in [0.5, 0.6) is 0 Å². The van der Waals surface area contributed by atoms with E-state index in [1.54, 1.807) is 5.32 Å². The maximum absolute atomic E-state index is 12.2. The van der Waals surface area contributed by atoms with Gasteiger partial charge in [0.15, 0.2) is 5.92 Å². The number of nitrogens with zero attached hydrogens (tertiary/aromatic N) is 1. The van der Waals surface area contributed by atoms with E-state index in [1.165, 1.54) is 6.07 Å². The van der Waals surface area contributed by atoms with E-state index >= 15 is 0 Å². The first-order valence-corrected chi connectivity index (χ1v) is 3.39. The number of hydrogen-bond acceptors (Lipinski definition) is 3. The molecule has 1 heterocycles. The molecule has 0 unspecified atom stereocenters. The summed E-state index contributed by atoms with van der Waals surface area (Å²) in [5.74, 6) is -4.37. The van der Waals surface area contributed by atoms with Gasteiger partial charge in [-0.2, -0.15) is 18.4 Å². The Labute approximate surface area is 76.0 Å². The molecule has 0 saturated carbocycles. The van der Waals surface area contributed by atoms with Crippen LogP contribution in [0, 0.1) is 17.2 Å². The van der Waals surface area contributed by atoms with Crippen LogP contribution in [0.4, 0.5) is 13.2 Å². The van der Waals surface area contributed by atoms with Gasteiger partial charge in [-0.15, -0.1) is 0 Å². The Morgan fingerprint density at radius 2 is 2.00 bits per heavy atom. The number of nitrogens with one attached hydrogen (secondary N) is 1. The Morgan fingerprint density at radius 3 is 2.43 bits per heavy atom. The summed E-state index contributed by atoms with van der Waals surface area (Å²) < 4.78 is 36.5. The molecule has 4 nitrogen and oxygen atoms in total. The van der Waals surface area contributed by atoms with Crippen LogP contribution in [-0.2, 0) is 9.59 Å². The number of carbonyl (C=O) groups excluding carboxylic acids is 2. The van der Waals surface area contributed by atoms with Gasteiger partial charge in [0.1, 0.15) is 0 Å². The average molecular weight is 204 g/mol. The second kappa shape index (κ2) is 3.14. The first-order chi connectivity index (χ1) is 6.36.